The molecule has 0 saturated heterocycles. The highest BCUT2D eigenvalue weighted by Gasteiger charge is 2.30. The van der Waals surface area contributed by atoms with Gasteiger partial charge in [0.25, 0.3) is 0 Å². The van der Waals surface area contributed by atoms with E-state index in [0.29, 0.717) is 11.3 Å². The standard InChI is InChI=1S/C17H16FN3O/c1-17(2,12-4-3-5-13(18)10-12)16(22)20-14-6-7-15-19-8-9-21(15)11-14/h3-11H,1-2H3,(H,20,22). The van der Waals surface area contributed by atoms with E-state index < -0.39 is 5.41 Å². The Morgan fingerprint density at radius 1 is 1.27 bits per heavy atom. The quantitative estimate of drug-likeness (QED) is 0.805. The molecule has 1 amide bonds. The molecule has 0 aliphatic carbocycles. The van der Waals surface area contributed by atoms with Gasteiger partial charge >= 0.3 is 0 Å². The second-order valence-corrected chi connectivity index (χ2v) is 5.70. The molecule has 0 spiro atoms. The Balaban J connectivity index is 1.86. The molecule has 1 aromatic carbocycles. The van der Waals surface area contributed by atoms with E-state index in [1.807, 2.05) is 16.7 Å². The molecule has 3 aromatic rings. The van der Waals surface area contributed by atoms with Crippen molar-refractivity contribution in [3.8, 4) is 0 Å². The number of rotatable bonds is 3. The van der Waals surface area contributed by atoms with Crippen molar-refractivity contribution in [3.05, 3.63) is 66.4 Å². The minimum atomic E-state index is -0.841. The molecule has 0 saturated carbocycles. The molecule has 22 heavy (non-hydrogen) atoms. The predicted octanol–water partition coefficient (Wildman–Crippen LogP) is 3.39. The van der Waals surface area contributed by atoms with Crippen molar-refractivity contribution in [1.82, 2.24) is 9.38 Å². The fourth-order valence-electron chi connectivity index (χ4n) is 2.29. The van der Waals surface area contributed by atoms with Crippen LogP contribution in [-0.4, -0.2) is 15.3 Å². The first-order chi connectivity index (χ1) is 10.5. The first kappa shape index (κ1) is 14.3. The lowest BCUT2D eigenvalue weighted by molar-refractivity contribution is -0.120. The number of imidazole rings is 1. The third-order valence-electron chi connectivity index (χ3n) is 3.76. The summed E-state index contributed by atoms with van der Waals surface area (Å²) < 4.78 is 15.2. The Hall–Kier alpha value is -2.69. The Morgan fingerprint density at radius 3 is 2.86 bits per heavy atom. The molecule has 0 bridgehead atoms. The van der Waals surface area contributed by atoms with Crippen LogP contribution in [0.25, 0.3) is 5.65 Å². The fraction of sp³-hybridized carbons (Fsp3) is 0.176. The van der Waals surface area contributed by atoms with E-state index in [1.165, 1.54) is 12.1 Å². The smallest absolute Gasteiger partial charge is 0.234 e. The SMILES string of the molecule is CC(C)(C(=O)Nc1ccc2nccn2c1)c1cccc(F)c1. The maximum absolute atomic E-state index is 13.4. The lowest BCUT2D eigenvalue weighted by Crippen LogP contribution is -2.34. The monoisotopic (exact) mass is 297 g/mol. The number of carbonyl (C=O) groups excluding carboxylic acids is 1. The molecule has 0 aliphatic heterocycles. The summed E-state index contributed by atoms with van der Waals surface area (Å²) in [5.41, 5.74) is 1.27. The van der Waals surface area contributed by atoms with Gasteiger partial charge in [0.05, 0.1) is 11.1 Å². The van der Waals surface area contributed by atoms with E-state index in [4.69, 9.17) is 0 Å². The molecule has 0 aliphatic rings. The van der Waals surface area contributed by atoms with Gasteiger partial charge in [-0.3, -0.25) is 4.79 Å². The minimum Gasteiger partial charge on any atom is -0.324 e. The minimum absolute atomic E-state index is 0.197. The van der Waals surface area contributed by atoms with Gasteiger partial charge in [-0.1, -0.05) is 12.1 Å². The third kappa shape index (κ3) is 2.57. The molecule has 4 nitrogen and oxygen atoms in total. The van der Waals surface area contributed by atoms with Gasteiger partial charge in [0.1, 0.15) is 11.5 Å². The summed E-state index contributed by atoms with van der Waals surface area (Å²) >= 11 is 0. The van der Waals surface area contributed by atoms with E-state index in [1.54, 1.807) is 44.4 Å². The van der Waals surface area contributed by atoms with Gasteiger partial charge in [-0.2, -0.15) is 0 Å². The number of pyridine rings is 1. The average Bonchev–Trinajstić information content (AvgIpc) is 2.94. The highest BCUT2D eigenvalue weighted by atomic mass is 19.1. The Bertz CT molecular complexity index is 839. The maximum Gasteiger partial charge on any atom is 0.234 e. The van der Waals surface area contributed by atoms with Gasteiger partial charge in [0, 0.05) is 18.6 Å². The maximum atomic E-state index is 13.4. The zero-order valence-corrected chi connectivity index (χ0v) is 12.4. The van der Waals surface area contributed by atoms with Crippen LogP contribution in [-0.2, 0) is 10.2 Å². The molecule has 0 radical (unpaired) electrons. The van der Waals surface area contributed by atoms with Crippen molar-refractivity contribution < 1.29 is 9.18 Å². The third-order valence-corrected chi connectivity index (χ3v) is 3.76. The van der Waals surface area contributed by atoms with Crippen LogP contribution in [0.3, 0.4) is 0 Å². The highest BCUT2D eigenvalue weighted by Crippen LogP contribution is 2.25. The van der Waals surface area contributed by atoms with E-state index >= 15 is 0 Å². The first-order valence-electron chi connectivity index (χ1n) is 6.97. The van der Waals surface area contributed by atoms with Gasteiger partial charge in [-0.15, -0.1) is 0 Å². The Labute approximate surface area is 127 Å². The highest BCUT2D eigenvalue weighted by molar-refractivity contribution is 5.98. The Morgan fingerprint density at radius 2 is 2.09 bits per heavy atom. The number of hydrogen-bond donors (Lipinski definition) is 1. The zero-order chi connectivity index (χ0) is 15.7. The number of fused-ring (bicyclic) bond motifs is 1. The van der Waals surface area contributed by atoms with Gasteiger partial charge in [-0.25, -0.2) is 9.37 Å². The van der Waals surface area contributed by atoms with Gasteiger partial charge in [0.2, 0.25) is 5.91 Å². The summed E-state index contributed by atoms with van der Waals surface area (Å²) in [5, 5.41) is 2.87. The molecule has 112 valence electrons. The van der Waals surface area contributed by atoms with Crippen LogP contribution in [0, 0.1) is 5.82 Å². The van der Waals surface area contributed by atoms with Crippen molar-refractivity contribution >= 4 is 17.2 Å². The first-order valence-corrected chi connectivity index (χ1v) is 6.97. The largest absolute Gasteiger partial charge is 0.324 e. The summed E-state index contributed by atoms with van der Waals surface area (Å²) in [6.07, 6.45) is 5.29. The number of aromatic nitrogens is 2. The summed E-state index contributed by atoms with van der Waals surface area (Å²) in [5.74, 6) is -0.546. The van der Waals surface area contributed by atoms with Crippen LogP contribution in [0.1, 0.15) is 19.4 Å². The number of halogens is 1. The number of nitrogens with one attached hydrogen (secondary N) is 1. The topological polar surface area (TPSA) is 46.4 Å². The Kier molecular flexibility index (Phi) is 3.41. The van der Waals surface area contributed by atoms with Crippen molar-refractivity contribution in [3.63, 3.8) is 0 Å². The van der Waals surface area contributed by atoms with E-state index in [2.05, 4.69) is 10.3 Å². The number of nitrogens with zero attached hydrogens (tertiary/aromatic N) is 2. The molecule has 2 aromatic heterocycles. The van der Waals surface area contributed by atoms with E-state index in [9.17, 15) is 9.18 Å². The van der Waals surface area contributed by atoms with Gasteiger partial charge in [-0.05, 0) is 43.7 Å². The second-order valence-electron chi connectivity index (χ2n) is 5.70. The molecule has 1 N–H and O–H groups in total. The van der Waals surface area contributed by atoms with Crippen LogP contribution >= 0.6 is 0 Å². The molecular weight excluding hydrogens is 281 g/mol. The number of anilines is 1. The van der Waals surface area contributed by atoms with Gasteiger partial charge < -0.3 is 9.72 Å². The zero-order valence-electron chi connectivity index (χ0n) is 12.4. The van der Waals surface area contributed by atoms with Crippen molar-refractivity contribution in [2.75, 3.05) is 5.32 Å². The van der Waals surface area contributed by atoms with Crippen LogP contribution in [0.5, 0.6) is 0 Å². The molecule has 0 fully saturated rings. The fourth-order valence-corrected chi connectivity index (χ4v) is 2.29. The summed E-state index contributed by atoms with van der Waals surface area (Å²) in [7, 11) is 0. The lowest BCUT2D eigenvalue weighted by Gasteiger charge is -2.24. The van der Waals surface area contributed by atoms with Crippen LogP contribution in [0.4, 0.5) is 10.1 Å². The number of hydrogen-bond acceptors (Lipinski definition) is 2. The number of carbonyl (C=O) groups is 1. The molecular formula is C17H16FN3O. The molecule has 0 unspecified atom stereocenters. The predicted molar refractivity (Wildman–Crippen MR) is 83.2 cm³/mol. The number of benzene rings is 1. The number of amides is 1. The van der Waals surface area contributed by atoms with Crippen molar-refractivity contribution in [2.24, 2.45) is 0 Å². The van der Waals surface area contributed by atoms with E-state index in [0.717, 1.165) is 5.65 Å². The normalized spacial score (nSPS) is 11.6. The summed E-state index contributed by atoms with van der Waals surface area (Å²) in [6, 6.07) is 9.73. The van der Waals surface area contributed by atoms with E-state index in [-0.39, 0.29) is 11.7 Å². The van der Waals surface area contributed by atoms with Crippen LogP contribution < -0.4 is 5.32 Å². The lowest BCUT2D eigenvalue weighted by atomic mass is 9.83. The van der Waals surface area contributed by atoms with Gasteiger partial charge in [0.15, 0.2) is 0 Å². The second kappa shape index (κ2) is 5.26. The van der Waals surface area contributed by atoms with Crippen LogP contribution in [0.15, 0.2) is 55.0 Å². The molecule has 5 heteroatoms. The average molecular weight is 297 g/mol. The molecule has 0 atom stereocenters. The summed E-state index contributed by atoms with van der Waals surface area (Å²) in [4.78, 5) is 16.7. The van der Waals surface area contributed by atoms with Crippen molar-refractivity contribution in [2.45, 2.75) is 19.3 Å². The molecule has 3 rings (SSSR count). The molecule has 2 heterocycles. The van der Waals surface area contributed by atoms with Crippen LogP contribution in [0.2, 0.25) is 0 Å². The van der Waals surface area contributed by atoms with Crippen molar-refractivity contribution in [1.29, 1.82) is 0 Å². The summed E-state index contributed by atoms with van der Waals surface area (Å²) in [6.45, 7) is 3.54.